The molecule has 0 saturated carbocycles. The van der Waals surface area contributed by atoms with Crippen LogP contribution in [0.5, 0.6) is 0 Å². The molecule has 6 rings (SSSR count). The molecule has 0 atom stereocenters. The van der Waals surface area contributed by atoms with Crippen molar-refractivity contribution in [1.29, 1.82) is 0 Å². The van der Waals surface area contributed by atoms with E-state index in [1.54, 1.807) is 42.5 Å². The van der Waals surface area contributed by atoms with Gasteiger partial charge in [0, 0.05) is 27.6 Å². The highest BCUT2D eigenvalue weighted by Crippen LogP contribution is 2.29. The maximum Gasteiger partial charge on any atom is 0.282 e. The first kappa shape index (κ1) is 22.6. The molecule has 6 aromatic rings. The van der Waals surface area contributed by atoms with E-state index in [1.165, 1.54) is 23.0 Å². The molecule has 180 valence electrons. The van der Waals surface area contributed by atoms with Gasteiger partial charge in [0.1, 0.15) is 17.1 Å². The number of nitro benzene ring substituents is 1. The molecule has 10 heteroatoms. The minimum Gasteiger partial charge on any atom is -0.455 e. The molecule has 0 unspecified atom stereocenters. The van der Waals surface area contributed by atoms with E-state index in [0.717, 1.165) is 9.86 Å². The molecule has 0 aliphatic heterocycles. The van der Waals surface area contributed by atoms with Gasteiger partial charge in [0.2, 0.25) is 5.82 Å². The molecule has 3 aromatic heterocycles. The Balaban J connectivity index is 1.42. The summed E-state index contributed by atoms with van der Waals surface area (Å²) >= 11 is 3.46. The summed E-state index contributed by atoms with van der Waals surface area (Å²) in [6, 6.07) is 23.9. The summed E-state index contributed by atoms with van der Waals surface area (Å²) < 4.78 is 13.9. The van der Waals surface area contributed by atoms with Gasteiger partial charge in [0.15, 0.2) is 5.76 Å². The van der Waals surface area contributed by atoms with Crippen molar-refractivity contribution in [3.05, 3.63) is 116 Å². The van der Waals surface area contributed by atoms with Crippen molar-refractivity contribution in [2.24, 2.45) is 5.10 Å². The molecule has 0 bridgehead atoms. The van der Waals surface area contributed by atoms with E-state index in [0.29, 0.717) is 39.3 Å². The highest BCUT2D eigenvalue weighted by Gasteiger charge is 2.17. The molecule has 0 radical (unpaired) electrons. The first-order chi connectivity index (χ1) is 18.0. The van der Waals surface area contributed by atoms with Crippen LogP contribution in [0.1, 0.15) is 5.76 Å². The fraction of sp³-hybridized carbons (Fsp3) is 0. The zero-order valence-electron chi connectivity index (χ0n) is 18.9. The lowest BCUT2D eigenvalue weighted by molar-refractivity contribution is -0.384. The number of nitro groups is 1. The van der Waals surface area contributed by atoms with Crippen LogP contribution in [0, 0.1) is 10.1 Å². The summed E-state index contributed by atoms with van der Waals surface area (Å²) in [4.78, 5) is 28.5. The smallest absolute Gasteiger partial charge is 0.282 e. The van der Waals surface area contributed by atoms with E-state index in [4.69, 9.17) is 8.83 Å². The molecule has 0 aliphatic carbocycles. The summed E-state index contributed by atoms with van der Waals surface area (Å²) in [6.45, 7) is 0. The number of fused-ring (bicyclic) bond motifs is 2. The van der Waals surface area contributed by atoms with Gasteiger partial charge in [-0.1, -0.05) is 28.1 Å². The van der Waals surface area contributed by atoms with E-state index >= 15 is 0 Å². The maximum absolute atomic E-state index is 13.4. The number of aromatic nitrogens is 2. The Morgan fingerprint density at radius 1 is 0.946 bits per heavy atom. The fourth-order valence-corrected chi connectivity index (χ4v) is 4.33. The van der Waals surface area contributed by atoms with Gasteiger partial charge in [-0.15, -0.1) is 0 Å². The van der Waals surface area contributed by atoms with Gasteiger partial charge in [-0.3, -0.25) is 14.9 Å². The predicted octanol–water partition coefficient (Wildman–Crippen LogP) is 6.62. The van der Waals surface area contributed by atoms with Crippen molar-refractivity contribution in [3.63, 3.8) is 0 Å². The van der Waals surface area contributed by atoms with Crippen molar-refractivity contribution in [2.45, 2.75) is 0 Å². The Kier molecular flexibility index (Phi) is 5.50. The third-order valence-electron chi connectivity index (χ3n) is 5.74. The van der Waals surface area contributed by atoms with Crippen molar-refractivity contribution >= 4 is 49.7 Å². The highest BCUT2D eigenvalue weighted by atomic mass is 79.9. The molecule has 0 N–H and O–H groups in total. The maximum atomic E-state index is 13.4. The third-order valence-corrected chi connectivity index (χ3v) is 6.24. The van der Waals surface area contributed by atoms with Crippen molar-refractivity contribution < 1.29 is 13.8 Å². The standard InChI is InChI=1S/C27H15BrN4O5/c28-18-7-11-24-17(13-18)14-25(37-24)26-30-22-4-2-1-3-21(22)27(33)31(26)29-15-20-10-12-23(36-20)16-5-8-19(9-6-16)32(34)35/h1-15H. The third kappa shape index (κ3) is 4.23. The van der Waals surface area contributed by atoms with E-state index < -0.39 is 4.92 Å². The van der Waals surface area contributed by atoms with Gasteiger partial charge in [-0.2, -0.15) is 9.78 Å². The van der Waals surface area contributed by atoms with E-state index in [9.17, 15) is 14.9 Å². The second-order valence-electron chi connectivity index (χ2n) is 8.11. The Morgan fingerprint density at radius 2 is 1.76 bits per heavy atom. The van der Waals surface area contributed by atoms with Crippen LogP contribution in [0.4, 0.5) is 5.69 Å². The number of nitrogens with zero attached hydrogens (tertiary/aromatic N) is 4. The number of hydrogen-bond acceptors (Lipinski definition) is 7. The minimum atomic E-state index is -0.461. The van der Waals surface area contributed by atoms with Crippen molar-refractivity contribution in [1.82, 2.24) is 9.66 Å². The van der Waals surface area contributed by atoms with Gasteiger partial charge >= 0.3 is 0 Å². The van der Waals surface area contributed by atoms with Gasteiger partial charge < -0.3 is 8.83 Å². The summed E-state index contributed by atoms with van der Waals surface area (Å²) in [5, 5.41) is 16.6. The highest BCUT2D eigenvalue weighted by molar-refractivity contribution is 9.10. The zero-order valence-corrected chi connectivity index (χ0v) is 20.5. The molecule has 0 spiro atoms. The number of furan rings is 2. The minimum absolute atomic E-state index is 0.00857. The number of para-hydroxylation sites is 1. The quantitative estimate of drug-likeness (QED) is 0.134. The molecule has 3 aromatic carbocycles. The molecule has 0 saturated heterocycles. The molecule has 0 fully saturated rings. The molecule has 0 aliphatic rings. The fourth-order valence-electron chi connectivity index (χ4n) is 3.95. The van der Waals surface area contributed by atoms with Crippen LogP contribution in [0.25, 0.3) is 44.8 Å². The average molecular weight is 555 g/mol. The van der Waals surface area contributed by atoms with Gasteiger partial charge in [-0.05, 0) is 60.7 Å². The molecule has 0 amide bonds. The number of benzene rings is 3. The van der Waals surface area contributed by atoms with Gasteiger partial charge in [-0.25, -0.2) is 4.98 Å². The molecule has 37 heavy (non-hydrogen) atoms. The first-order valence-electron chi connectivity index (χ1n) is 11.1. The topological polar surface area (TPSA) is 117 Å². The second-order valence-corrected chi connectivity index (χ2v) is 9.03. The van der Waals surface area contributed by atoms with E-state index in [1.807, 2.05) is 30.3 Å². The number of hydrogen-bond donors (Lipinski definition) is 0. The second kappa shape index (κ2) is 8.99. The lowest BCUT2D eigenvalue weighted by Gasteiger charge is -2.06. The van der Waals surface area contributed by atoms with Crippen LogP contribution < -0.4 is 5.56 Å². The predicted molar refractivity (Wildman–Crippen MR) is 143 cm³/mol. The zero-order chi connectivity index (χ0) is 25.5. The van der Waals surface area contributed by atoms with Crippen molar-refractivity contribution in [3.8, 4) is 22.9 Å². The molecular formula is C27H15BrN4O5. The Labute approximate surface area is 216 Å². The van der Waals surface area contributed by atoms with E-state index in [-0.39, 0.29) is 17.1 Å². The van der Waals surface area contributed by atoms with Crippen LogP contribution in [0.15, 0.2) is 108 Å². The largest absolute Gasteiger partial charge is 0.455 e. The van der Waals surface area contributed by atoms with Gasteiger partial charge in [0.05, 0.1) is 22.0 Å². The lowest BCUT2D eigenvalue weighted by Crippen LogP contribution is -2.20. The number of halogens is 1. The van der Waals surface area contributed by atoms with E-state index in [2.05, 4.69) is 26.0 Å². The average Bonchev–Trinajstić information content (AvgIpc) is 3.55. The van der Waals surface area contributed by atoms with Crippen LogP contribution in [0.3, 0.4) is 0 Å². The number of rotatable bonds is 5. The monoisotopic (exact) mass is 554 g/mol. The molecular weight excluding hydrogens is 540 g/mol. The SMILES string of the molecule is O=c1c2ccccc2nc(-c2cc3cc(Br)ccc3o2)n1N=Cc1ccc(-c2ccc([N+](=O)[O-])cc2)o1. The first-order valence-corrected chi connectivity index (χ1v) is 11.9. The lowest BCUT2D eigenvalue weighted by atomic mass is 10.1. The normalized spacial score (nSPS) is 11.6. The Morgan fingerprint density at radius 3 is 2.57 bits per heavy atom. The number of non-ortho nitro benzene ring substituents is 1. The molecule has 9 nitrogen and oxygen atoms in total. The summed E-state index contributed by atoms with van der Waals surface area (Å²) in [5.41, 5.74) is 1.47. The Hall–Kier alpha value is -4.83. The van der Waals surface area contributed by atoms with Crippen LogP contribution in [0.2, 0.25) is 0 Å². The summed E-state index contributed by atoms with van der Waals surface area (Å²) in [6.07, 6.45) is 1.41. The Bertz CT molecular complexity index is 1900. The van der Waals surface area contributed by atoms with Crippen LogP contribution >= 0.6 is 15.9 Å². The molecule has 3 heterocycles. The summed E-state index contributed by atoms with van der Waals surface area (Å²) in [5.74, 6) is 1.52. The van der Waals surface area contributed by atoms with Gasteiger partial charge in [0.25, 0.3) is 11.2 Å². The van der Waals surface area contributed by atoms with Crippen LogP contribution in [-0.4, -0.2) is 20.8 Å². The van der Waals surface area contributed by atoms with Crippen LogP contribution in [-0.2, 0) is 0 Å². The van der Waals surface area contributed by atoms with Crippen molar-refractivity contribution in [2.75, 3.05) is 0 Å². The summed E-state index contributed by atoms with van der Waals surface area (Å²) in [7, 11) is 0.